The van der Waals surface area contributed by atoms with Crippen LogP contribution in [-0.4, -0.2) is 18.4 Å². The molecule has 0 saturated carbocycles. The molecular weight excluding hydrogens is 311 g/mol. The van der Waals surface area contributed by atoms with Crippen LogP contribution in [0.5, 0.6) is 5.75 Å². The third kappa shape index (κ3) is 3.71. The average Bonchev–Trinajstić information content (AvgIpc) is 2.53. The zero-order chi connectivity index (χ0) is 17.1. The molecule has 124 valence electrons. The largest absolute Gasteiger partial charge is 0.479 e. The zero-order valence-corrected chi connectivity index (χ0v) is 13.2. The highest BCUT2D eigenvalue weighted by Crippen LogP contribution is 2.37. The van der Waals surface area contributed by atoms with Crippen molar-refractivity contribution in [1.82, 2.24) is 0 Å². The minimum atomic E-state index is -0.297. The van der Waals surface area contributed by atoms with E-state index in [1.165, 1.54) is 12.1 Å². The highest BCUT2D eigenvalue weighted by Gasteiger charge is 2.20. The predicted octanol–water partition coefficient (Wildman–Crippen LogP) is 3.04. The van der Waals surface area contributed by atoms with Crippen molar-refractivity contribution in [2.75, 3.05) is 17.2 Å². The van der Waals surface area contributed by atoms with Crippen LogP contribution >= 0.6 is 0 Å². The summed E-state index contributed by atoms with van der Waals surface area (Å²) >= 11 is 0. The Morgan fingerprint density at radius 1 is 1.29 bits per heavy atom. The van der Waals surface area contributed by atoms with Crippen molar-refractivity contribution < 1.29 is 18.7 Å². The molecule has 0 radical (unpaired) electrons. The standard InChI is InChI=1S/C18H17FN2O3/c1-11-8-14(18-15(9-11)21-17(23)10-24-18)20-16(22)7-4-12-2-5-13(19)6-3-12/h2-3,5-6,8-9H,4,7,10H2,1H3,(H,20,22)(H,21,23). The smallest absolute Gasteiger partial charge is 0.262 e. The van der Waals surface area contributed by atoms with Gasteiger partial charge in [0.1, 0.15) is 5.82 Å². The first-order valence-corrected chi connectivity index (χ1v) is 7.63. The number of carbonyl (C=O) groups excluding carboxylic acids is 2. The average molecular weight is 328 g/mol. The van der Waals surface area contributed by atoms with Gasteiger partial charge in [0.25, 0.3) is 5.91 Å². The Hall–Kier alpha value is -2.89. The van der Waals surface area contributed by atoms with E-state index in [0.29, 0.717) is 23.5 Å². The van der Waals surface area contributed by atoms with Crippen molar-refractivity contribution in [3.05, 3.63) is 53.3 Å². The van der Waals surface area contributed by atoms with Gasteiger partial charge < -0.3 is 15.4 Å². The maximum Gasteiger partial charge on any atom is 0.262 e. The molecule has 0 aliphatic carbocycles. The summed E-state index contributed by atoms with van der Waals surface area (Å²) in [5.41, 5.74) is 2.88. The molecule has 0 fully saturated rings. The van der Waals surface area contributed by atoms with Crippen LogP contribution in [0.15, 0.2) is 36.4 Å². The number of rotatable bonds is 4. The van der Waals surface area contributed by atoms with Crippen LogP contribution in [0.2, 0.25) is 0 Å². The zero-order valence-electron chi connectivity index (χ0n) is 13.2. The van der Waals surface area contributed by atoms with Gasteiger partial charge in [-0.2, -0.15) is 0 Å². The lowest BCUT2D eigenvalue weighted by molar-refractivity contribution is -0.118. The van der Waals surface area contributed by atoms with Crippen LogP contribution < -0.4 is 15.4 Å². The number of hydrogen-bond donors (Lipinski definition) is 2. The number of hydrogen-bond acceptors (Lipinski definition) is 3. The minimum absolute atomic E-state index is 0.0749. The number of halogens is 1. The molecule has 2 aromatic carbocycles. The van der Waals surface area contributed by atoms with E-state index in [0.717, 1.165) is 11.1 Å². The van der Waals surface area contributed by atoms with Gasteiger partial charge in [0, 0.05) is 6.42 Å². The molecule has 5 nitrogen and oxygen atoms in total. The summed E-state index contributed by atoms with van der Waals surface area (Å²) in [7, 11) is 0. The summed E-state index contributed by atoms with van der Waals surface area (Å²) in [6.45, 7) is 1.80. The molecule has 1 aliphatic rings. The van der Waals surface area contributed by atoms with E-state index >= 15 is 0 Å². The lowest BCUT2D eigenvalue weighted by atomic mass is 10.1. The fourth-order valence-electron chi connectivity index (χ4n) is 2.56. The predicted molar refractivity (Wildman–Crippen MR) is 88.7 cm³/mol. The number of nitrogens with one attached hydrogen (secondary N) is 2. The molecular formula is C18H17FN2O3. The van der Waals surface area contributed by atoms with Crippen LogP contribution in [0.3, 0.4) is 0 Å². The highest BCUT2D eigenvalue weighted by atomic mass is 19.1. The molecule has 0 saturated heterocycles. The first-order chi connectivity index (χ1) is 11.5. The van der Waals surface area contributed by atoms with Crippen LogP contribution in [0.4, 0.5) is 15.8 Å². The summed E-state index contributed by atoms with van der Waals surface area (Å²) in [4.78, 5) is 23.6. The molecule has 0 bridgehead atoms. The molecule has 2 amide bonds. The van der Waals surface area contributed by atoms with Crippen molar-refractivity contribution in [2.45, 2.75) is 19.8 Å². The van der Waals surface area contributed by atoms with Crippen molar-refractivity contribution in [2.24, 2.45) is 0 Å². The number of benzene rings is 2. The number of aryl methyl sites for hydroxylation is 2. The molecule has 0 atom stereocenters. The number of carbonyl (C=O) groups is 2. The van der Waals surface area contributed by atoms with Crippen molar-refractivity contribution >= 4 is 23.2 Å². The fraction of sp³-hybridized carbons (Fsp3) is 0.222. The second-order valence-electron chi connectivity index (χ2n) is 5.70. The molecule has 3 rings (SSSR count). The third-order valence-electron chi connectivity index (χ3n) is 3.68. The SMILES string of the molecule is Cc1cc(NC(=O)CCc2ccc(F)cc2)c2c(c1)NC(=O)CO2. The van der Waals surface area contributed by atoms with Crippen LogP contribution in [0.25, 0.3) is 0 Å². The number of ether oxygens (including phenoxy) is 1. The number of fused-ring (bicyclic) bond motifs is 1. The molecule has 24 heavy (non-hydrogen) atoms. The Balaban J connectivity index is 1.68. The molecule has 0 aromatic heterocycles. The molecule has 2 N–H and O–H groups in total. The van der Waals surface area contributed by atoms with E-state index in [2.05, 4.69) is 10.6 Å². The van der Waals surface area contributed by atoms with Crippen molar-refractivity contribution in [3.8, 4) is 5.75 Å². The van der Waals surface area contributed by atoms with Gasteiger partial charge in [-0.3, -0.25) is 9.59 Å². The van der Waals surface area contributed by atoms with Gasteiger partial charge in [-0.1, -0.05) is 12.1 Å². The summed E-state index contributed by atoms with van der Waals surface area (Å²) < 4.78 is 18.3. The first-order valence-electron chi connectivity index (χ1n) is 7.63. The lowest BCUT2D eigenvalue weighted by Gasteiger charge is -2.21. The van der Waals surface area contributed by atoms with Gasteiger partial charge in [-0.05, 0) is 48.7 Å². The summed E-state index contributed by atoms with van der Waals surface area (Å²) in [5, 5.41) is 5.54. The Morgan fingerprint density at radius 2 is 2.04 bits per heavy atom. The van der Waals surface area contributed by atoms with Crippen molar-refractivity contribution in [3.63, 3.8) is 0 Å². The summed E-state index contributed by atoms with van der Waals surface area (Å²) in [6.07, 6.45) is 0.776. The molecule has 2 aromatic rings. The number of amides is 2. The molecule has 0 unspecified atom stereocenters. The Morgan fingerprint density at radius 3 is 2.79 bits per heavy atom. The van der Waals surface area contributed by atoms with Crippen molar-refractivity contribution in [1.29, 1.82) is 0 Å². The quantitative estimate of drug-likeness (QED) is 0.906. The second-order valence-corrected chi connectivity index (χ2v) is 5.70. The van der Waals surface area contributed by atoms with Crippen LogP contribution in [0, 0.1) is 12.7 Å². The van der Waals surface area contributed by atoms with E-state index in [1.807, 2.05) is 6.92 Å². The molecule has 1 heterocycles. The monoisotopic (exact) mass is 328 g/mol. The topological polar surface area (TPSA) is 67.4 Å². The van der Waals surface area contributed by atoms with E-state index in [-0.39, 0.29) is 30.7 Å². The van der Waals surface area contributed by atoms with Crippen LogP contribution in [0.1, 0.15) is 17.5 Å². The van der Waals surface area contributed by atoms with E-state index < -0.39 is 0 Å². The van der Waals surface area contributed by atoms with Gasteiger partial charge in [-0.25, -0.2) is 4.39 Å². The Bertz CT molecular complexity index is 788. The lowest BCUT2D eigenvalue weighted by Crippen LogP contribution is -2.26. The summed E-state index contributed by atoms with van der Waals surface area (Å²) in [5.74, 6) is -0.224. The minimum Gasteiger partial charge on any atom is -0.479 e. The van der Waals surface area contributed by atoms with E-state index in [4.69, 9.17) is 4.74 Å². The normalized spacial score (nSPS) is 12.8. The molecule has 0 spiro atoms. The highest BCUT2D eigenvalue weighted by molar-refractivity contribution is 6.00. The first kappa shape index (κ1) is 16.0. The van der Waals surface area contributed by atoms with Gasteiger partial charge in [0.05, 0.1) is 11.4 Å². The van der Waals surface area contributed by atoms with E-state index in [1.54, 1.807) is 24.3 Å². The van der Waals surface area contributed by atoms with Gasteiger partial charge >= 0.3 is 0 Å². The molecule has 6 heteroatoms. The van der Waals surface area contributed by atoms with Crippen LogP contribution in [-0.2, 0) is 16.0 Å². The Kier molecular flexibility index (Phi) is 4.46. The summed E-state index contributed by atoms with van der Waals surface area (Å²) in [6, 6.07) is 9.67. The maximum atomic E-state index is 12.9. The van der Waals surface area contributed by atoms with Gasteiger partial charge in [0.15, 0.2) is 12.4 Å². The maximum absolute atomic E-state index is 12.9. The fourth-order valence-corrected chi connectivity index (χ4v) is 2.56. The number of anilines is 2. The van der Waals surface area contributed by atoms with Gasteiger partial charge in [0.2, 0.25) is 5.91 Å². The Labute approximate surface area is 138 Å². The second kappa shape index (κ2) is 6.70. The van der Waals surface area contributed by atoms with E-state index in [9.17, 15) is 14.0 Å². The molecule has 1 aliphatic heterocycles. The van der Waals surface area contributed by atoms with Gasteiger partial charge in [-0.15, -0.1) is 0 Å². The third-order valence-corrected chi connectivity index (χ3v) is 3.68.